The fourth-order valence-electron chi connectivity index (χ4n) is 4.49. The second-order valence-electron chi connectivity index (χ2n) is 10.6. The van der Waals surface area contributed by atoms with Gasteiger partial charge in [0, 0.05) is 56.8 Å². The van der Waals surface area contributed by atoms with Crippen LogP contribution >= 0.6 is 0 Å². The summed E-state index contributed by atoms with van der Waals surface area (Å²) in [5.41, 5.74) is 0.745. The molecule has 0 aliphatic carbocycles. The predicted molar refractivity (Wildman–Crippen MR) is 163 cm³/mol. The van der Waals surface area contributed by atoms with E-state index in [4.69, 9.17) is 4.42 Å². The van der Waals surface area contributed by atoms with Gasteiger partial charge in [-0.1, -0.05) is 12.1 Å². The predicted octanol–water partition coefficient (Wildman–Crippen LogP) is 3.33. The number of likely N-dealkylation sites (N-methyl/N-ethyl adjacent to an activating group) is 1. The van der Waals surface area contributed by atoms with Crippen molar-refractivity contribution >= 4 is 40.3 Å². The quantitative estimate of drug-likeness (QED) is 0.212. The third-order valence-electron chi connectivity index (χ3n) is 6.83. The Kier molecular flexibility index (Phi) is 9.81. The lowest BCUT2D eigenvalue weighted by molar-refractivity contribution is -0.133. The minimum absolute atomic E-state index is 0.0853. The van der Waals surface area contributed by atoms with E-state index < -0.39 is 11.2 Å². The van der Waals surface area contributed by atoms with Crippen LogP contribution in [0.15, 0.2) is 70.1 Å². The standard InChI is InChI=1S/C31H35N7O5/c1-20-22(35-25(39)12-9-18-34-27(40)24-11-6-8-17-33-24)13-14-23-26(20)28(41)43-30(36-23)37-31(2,3)29(42)38(4)19-15-21-10-5-7-16-32-21/h5-8,10-11,13-14,16-17H,9,12,15,18-19H2,1-4H3,(H,34,40)(H,35,39)(H,36,37). The van der Waals surface area contributed by atoms with E-state index in [0.717, 1.165) is 5.69 Å². The van der Waals surface area contributed by atoms with Crippen LogP contribution in [0, 0.1) is 6.92 Å². The number of nitrogens with one attached hydrogen (secondary N) is 3. The average Bonchev–Trinajstić information content (AvgIpc) is 2.99. The SMILES string of the molecule is Cc1c(NC(=O)CCCNC(=O)c2ccccn2)ccc2nc(NC(C)(C)C(=O)N(C)CCc3ccccn3)oc(=O)c12. The Labute approximate surface area is 248 Å². The van der Waals surface area contributed by atoms with E-state index in [2.05, 4.69) is 30.9 Å². The monoisotopic (exact) mass is 585 g/mol. The zero-order valence-corrected chi connectivity index (χ0v) is 24.6. The molecule has 0 atom stereocenters. The van der Waals surface area contributed by atoms with Crippen LogP contribution in [0.25, 0.3) is 10.9 Å². The normalized spacial score (nSPS) is 11.2. The van der Waals surface area contributed by atoms with Gasteiger partial charge < -0.3 is 25.3 Å². The topological polar surface area (TPSA) is 159 Å². The first-order valence-corrected chi connectivity index (χ1v) is 13.9. The highest BCUT2D eigenvalue weighted by Gasteiger charge is 2.32. The van der Waals surface area contributed by atoms with Gasteiger partial charge in [-0.15, -0.1) is 0 Å². The van der Waals surface area contributed by atoms with Crippen molar-refractivity contribution in [3.63, 3.8) is 0 Å². The van der Waals surface area contributed by atoms with Crippen LogP contribution in [-0.4, -0.2) is 63.2 Å². The smallest absolute Gasteiger partial charge is 0.348 e. The number of rotatable bonds is 12. The molecule has 3 aromatic heterocycles. The van der Waals surface area contributed by atoms with Crippen molar-refractivity contribution in [2.45, 2.75) is 45.6 Å². The molecule has 12 nitrogen and oxygen atoms in total. The van der Waals surface area contributed by atoms with E-state index in [0.29, 0.717) is 48.4 Å². The van der Waals surface area contributed by atoms with Crippen molar-refractivity contribution in [2.24, 2.45) is 0 Å². The Morgan fingerprint density at radius 2 is 1.74 bits per heavy atom. The Morgan fingerprint density at radius 1 is 1.00 bits per heavy atom. The van der Waals surface area contributed by atoms with Crippen LogP contribution in [0.4, 0.5) is 11.7 Å². The van der Waals surface area contributed by atoms with Crippen LogP contribution in [0.2, 0.25) is 0 Å². The number of pyridine rings is 2. The van der Waals surface area contributed by atoms with E-state index in [1.807, 2.05) is 18.2 Å². The summed E-state index contributed by atoms with van der Waals surface area (Å²) in [6, 6.07) is 13.9. The molecule has 3 N–H and O–H groups in total. The highest BCUT2D eigenvalue weighted by molar-refractivity contribution is 5.96. The number of nitrogens with zero attached hydrogens (tertiary/aromatic N) is 4. The molecule has 4 rings (SSSR count). The molecule has 0 fully saturated rings. The number of aryl methyl sites for hydroxylation is 1. The van der Waals surface area contributed by atoms with Gasteiger partial charge in [0.2, 0.25) is 11.8 Å². The van der Waals surface area contributed by atoms with Crippen LogP contribution in [0.1, 0.15) is 48.4 Å². The summed E-state index contributed by atoms with van der Waals surface area (Å²) in [5.74, 6) is -0.782. The molecular weight excluding hydrogens is 550 g/mol. The molecule has 0 unspecified atom stereocenters. The lowest BCUT2D eigenvalue weighted by Gasteiger charge is -2.30. The van der Waals surface area contributed by atoms with Crippen molar-refractivity contribution in [2.75, 3.05) is 30.8 Å². The van der Waals surface area contributed by atoms with Gasteiger partial charge in [-0.2, -0.15) is 4.98 Å². The number of amides is 3. The Balaban J connectivity index is 1.35. The van der Waals surface area contributed by atoms with Crippen LogP contribution < -0.4 is 21.6 Å². The average molecular weight is 586 g/mol. The number of carbonyl (C=O) groups excluding carboxylic acids is 3. The number of hydrogen-bond acceptors (Lipinski definition) is 9. The number of hydrogen-bond donors (Lipinski definition) is 3. The molecule has 0 bridgehead atoms. The molecule has 3 amide bonds. The minimum Gasteiger partial charge on any atom is -0.389 e. The third-order valence-corrected chi connectivity index (χ3v) is 6.83. The third kappa shape index (κ3) is 8.00. The van der Waals surface area contributed by atoms with Gasteiger partial charge in [0.25, 0.3) is 11.9 Å². The van der Waals surface area contributed by atoms with Gasteiger partial charge in [0.05, 0.1) is 10.9 Å². The van der Waals surface area contributed by atoms with Crippen LogP contribution in [-0.2, 0) is 16.0 Å². The van der Waals surface area contributed by atoms with E-state index in [9.17, 15) is 19.2 Å². The van der Waals surface area contributed by atoms with E-state index in [1.165, 1.54) is 6.20 Å². The highest BCUT2D eigenvalue weighted by Crippen LogP contribution is 2.24. The van der Waals surface area contributed by atoms with Gasteiger partial charge in [0.1, 0.15) is 11.2 Å². The maximum absolute atomic E-state index is 13.2. The molecule has 0 radical (unpaired) electrons. The fraction of sp³-hybridized carbons (Fsp3) is 0.323. The highest BCUT2D eigenvalue weighted by atomic mass is 16.4. The van der Waals surface area contributed by atoms with Crippen molar-refractivity contribution in [1.29, 1.82) is 0 Å². The first kappa shape index (κ1) is 30.8. The zero-order valence-electron chi connectivity index (χ0n) is 24.6. The van der Waals surface area contributed by atoms with Gasteiger partial charge in [0.15, 0.2) is 0 Å². The molecule has 0 saturated heterocycles. The molecule has 12 heteroatoms. The van der Waals surface area contributed by atoms with Gasteiger partial charge in [-0.3, -0.25) is 24.4 Å². The second-order valence-corrected chi connectivity index (χ2v) is 10.6. The second kappa shape index (κ2) is 13.7. The van der Waals surface area contributed by atoms with E-state index >= 15 is 0 Å². The lowest BCUT2D eigenvalue weighted by Crippen LogP contribution is -2.49. The Bertz CT molecular complexity index is 1660. The molecule has 3 heterocycles. The Morgan fingerprint density at radius 3 is 2.44 bits per heavy atom. The zero-order chi connectivity index (χ0) is 31.0. The number of anilines is 2. The molecule has 4 aromatic rings. The molecule has 43 heavy (non-hydrogen) atoms. The summed E-state index contributed by atoms with van der Waals surface area (Å²) in [4.78, 5) is 65.1. The van der Waals surface area contributed by atoms with Gasteiger partial charge in [-0.25, -0.2) is 4.79 Å². The van der Waals surface area contributed by atoms with Crippen LogP contribution in [0.5, 0.6) is 0 Å². The van der Waals surface area contributed by atoms with Crippen molar-refractivity contribution in [3.8, 4) is 0 Å². The van der Waals surface area contributed by atoms with E-state index in [-0.39, 0.29) is 35.5 Å². The maximum atomic E-state index is 13.2. The van der Waals surface area contributed by atoms with Gasteiger partial charge in [-0.05, 0) is 69.2 Å². The number of fused-ring (bicyclic) bond motifs is 1. The molecule has 1 aromatic carbocycles. The van der Waals surface area contributed by atoms with Crippen LogP contribution in [0.3, 0.4) is 0 Å². The minimum atomic E-state index is -1.12. The first-order chi connectivity index (χ1) is 20.5. The summed E-state index contributed by atoms with van der Waals surface area (Å²) in [7, 11) is 1.70. The van der Waals surface area contributed by atoms with Crippen molar-refractivity contribution < 1.29 is 18.8 Å². The molecule has 0 spiro atoms. The summed E-state index contributed by atoms with van der Waals surface area (Å²) >= 11 is 0. The molecule has 0 saturated carbocycles. The first-order valence-electron chi connectivity index (χ1n) is 13.9. The summed E-state index contributed by atoms with van der Waals surface area (Å²) in [6.07, 6.45) is 4.43. The lowest BCUT2D eigenvalue weighted by atomic mass is 10.0. The van der Waals surface area contributed by atoms with Crippen molar-refractivity contribution in [1.82, 2.24) is 25.2 Å². The molecule has 0 aliphatic rings. The maximum Gasteiger partial charge on any atom is 0.348 e. The summed E-state index contributed by atoms with van der Waals surface area (Å²) in [5, 5.41) is 8.72. The molecule has 0 aliphatic heterocycles. The largest absolute Gasteiger partial charge is 0.389 e. The molecular formula is C31H35N7O5. The molecule has 224 valence electrons. The summed E-state index contributed by atoms with van der Waals surface area (Å²) < 4.78 is 5.45. The van der Waals surface area contributed by atoms with E-state index in [1.54, 1.807) is 69.2 Å². The fourth-order valence-corrected chi connectivity index (χ4v) is 4.49. The number of aromatic nitrogens is 3. The number of benzene rings is 1. The number of carbonyl (C=O) groups is 3. The van der Waals surface area contributed by atoms with Crippen molar-refractivity contribution in [3.05, 3.63) is 88.3 Å². The summed E-state index contributed by atoms with van der Waals surface area (Å²) in [6.45, 7) is 5.84. The Hall–Kier alpha value is -5.13. The van der Waals surface area contributed by atoms with Gasteiger partial charge >= 0.3 is 5.63 Å².